The molecule has 0 amide bonds. The van der Waals surface area contributed by atoms with E-state index in [1.54, 1.807) is 6.20 Å². The summed E-state index contributed by atoms with van der Waals surface area (Å²) in [7, 11) is 0. The zero-order valence-electron chi connectivity index (χ0n) is 11.7. The topological polar surface area (TPSA) is 30.0 Å². The largest absolute Gasteiger partial charge is 0.287 e. The standard InChI is InChI=1S/C17H19NO/c1-12(2)10-14-7-4-8-15(11-14)17(19)16-13(3)6-5-9-18-16/h4-9,11-12H,10H2,1-3H3. The van der Waals surface area contributed by atoms with E-state index in [0.717, 1.165) is 17.5 Å². The molecule has 0 saturated carbocycles. The van der Waals surface area contributed by atoms with Crippen molar-refractivity contribution in [3.8, 4) is 0 Å². The molecule has 1 aromatic heterocycles. The van der Waals surface area contributed by atoms with Crippen molar-refractivity contribution in [3.05, 3.63) is 65.0 Å². The van der Waals surface area contributed by atoms with Crippen LogP contribution in [-0.4, -0.2) is 10.8 Å². The predicted octanol–water partition coefficient (Wildman–Crippen LogP) is 3.82. The average Bonchev–Trinajstić information content (AvgIpc) is 2.38. The molecule has 0 fully saturated rings. The fourth-order valence-electron chi connectivity index (χ4n) is 2.17. The van der Waals surface area contributed by atoms with Gasteiger partial charge in [0.05, 0.1) is 0 Å². The Kier molecular flexibility index (Phi) is 4.10. The lowest BCUT2D eigenvalue weighted by molar-refractivity contribution is 0.103. The summed E-state index contributed by atoms with van der Waals surface area (Å²) in [5.41, 5.74) is 3.39. The first kappa shape index (κ1) is 13.5. The molecule has 0 atom stereocenters. The molecule has 0 N–H and O–H groups in total. The Balaban J connectivity index is 2.32. The van der Waals surface area contributed by atoms with E-state index in [-0.39, 0.29) is 5.78 Å². The van der Waals surface area contributed by atoms with E-state index in [0.29, 0.717) is 11.6 Å². The van der Waals surface area contributed by atoms with Crippen LogP contribution in [0.15, 0.2) is 42.6 Å². The highest BCUT2D eigenvalue weighted by molar-refractivity contribution is 6.08. The number of hydrogen-bond acceptors (Lipinski definition) is 2. The Labute approximate surface area is 114 Å². The van der Waals surface area contributed by atoms with E-state index in [1.807, 2.05) is 37.3 Å². The van der Waals surface area contributed by atoms with E-state index >= 15 is 0 Å². The van der Waals surface area contributed by atoms with Gasteiger partial charge in [-0.2, -0.15) is 0 Å². The SMILES string of the molecule is Cc1cccnc1C(=O)c1cccc(CC(C)C)c1. The second-order valence-corrected chi connectivity index (χ2v) is 5.30. The Morgan fingerprint density at radius 2 is 2.00 bits per heavy atom. The van der Waals surface area contributed by atoms with Crippen molar-refractivity contribution in [3.63, 3.8) is 0 Å². The maximum absolute atomic E-state index is 12.4. The summed E-state index contributed by atoms with van der Waals surface area (Å²) in [4.78, 5) is 16.6. The molecule has 0 unspecified atom stereocenters. The quantitative estimate of drug-likeness (QED) is 0.775. The van der Waals surface area contributed by atoms with Gasteiger partial charge in [0.25, 0.3) is 0 Å². The minimum Gasteiger partial charge on any atom is -0.287 e. The Hall–Kier alpha value is -1.96. The summed E-state index contributed by atoms with van der Waals surface area (Å²) < 4.78 is 0. The highest BCUT2D eigenvalue weighted by atomic mass is 16.1. The summed E-state index contributed by atoms with van der Waals surface area (Å²) >= 11 is 0. The summed E-state index contributed by atoms with van der Waals surface area (Å²) in [5, 5.41) is 0. The molecule has 0 bridgehead atoms. The van der Waals surface area contributed by atoms with Gasteiger partial charge in [-0.1, -0.05) is 38.1 Å². The molecule has 0 spiro atoms. The van der Waals surface area contributed by atoms with Gasteiger partial charge in [-0.3, -0.25) is 9.78 Å². The van der Waals surface area contributed by atoms with Gasteiger partial charge in [-0.25, -0.2) is 0 Å². The van der Waals surface area contributed by atoms with Crippen LogP contribution in [0.4, 0.5) is 0 Å². The Morgan fingerprint density at radius 3 is 2.68 bits per heavy atom. The number of aryl methyl sites for hydroxylation is 1. The van der Waals surface area contributed by atoms with Gasteiger partial charge in [0.15, 0.2) is 0 Å². The van der Waals surface area contributed by atoms with Crippen molar-refractivity contribution >= 4 is 5.78 Å². The van der Waals surface area contributed by atoms with Crippen molar-refractivity contribution in [2.45, 2.75) is 27.2 Å². The van der Waals surface area contributed by atoms with Gasteiger partial charge in [0, 0.05) is 11.8 Å². The summed E-state index contributed by atoms with van der Waals surface area (Å²) in [5.74, 6) is 0.589. The third-order valence-electron chi connectivity index (χ3n) is 3.06. The molecule has 1 heterocycles. The number of hydrogen-bond donors (Lipinski definition) is 0. The molecule has 2 rings (SSSR count). The Bertz CT molecular complexity index is 587. The van der Waals surface area contributed by atoms with Crippen LogP contribution >= 0.6 is 0 Å². The highest BCUT2D eigenvalue weighted by Crippen LogP contribution is 2.15. The van der Waals surface area contributed by atoms with Gasteiger partial charge >= 0.3 is 0 Å². The number of aromatic nitrogens is 1. The molecule has 0 aliphatic carbocycles. The van der Waals surface area contributed by atoms with Crippen LogP contribution in [-0.2, 0) is 6.42 Å². The first-order chi connectivity index (χ1) is 9.08. The molecule has 0 radical (unpaired) electrons. The average molecular weight is 253 g/mol. The van der Waals surface area contributed by atoms with E-state index < -0.39 is 0 Å². The first-order valence-corrected chi connectivity index (χ1v) is 6.63. The molecule has 0 aliphatic rings. The van der Waals surface area contributed by atoms with Gasteiger partial charge in [0.1, 0.15) is 5.69 Å². The zero-order valence-corrected chi connectivity index (χ0v) is 11.7. The van der Waals surface area contributed by atoms with Crippen LogP contribution in [0.25, 0.3) is 0 Å². The fraction of sp³-hybridized carbons (Fsp3) is 0.294. The fourth-order valence-corrected chi connectivity index (χ4v) is 2.17. The normalized spacial score (nSPS) is 10.7. The van der Waals surface area contributed by atoms with Crippen LogP contribution < -0.4 is 0 Å². The Morgan fingerprint density at radius 1 is 1.21 bits per heavy atom. The van der Waals surface area contributed by atoms with Gasteiger partial charge in [0.2, 0.25) is 5.78 Å². The molecule has 2 nitrogen and oxygen atoms in total. The van der Waals surface area contributed by atoms with E-state index in [1.165, 1.54) is 5.56 Å². The van der Waals surface area contributed by atoms with Gasteiger partial charge < -0.3 is 0 Å². The summed E-state index contributed by atoms with van der Waals surface area (Å²) in [6, 6.07) is 11.6. The lowest BCUT2D eigenvalue weighted by Gasteiger charge is -2.08. The molecule has 2 heteroatoms. The number of rotatable bonds is 4. The minimum absolute atomic E-state index is 0.00343. The van der Waals surface area contributed by atoms with E-state index in [2.05, 4.69) is 24.9 Å². The third kappa shape index (κ3) is 3.28. The van der Waals surface area contributed by atoms with Crippen molar-refractivity contribution < 1.29 is 4.79 Å². The number of benzene rings is 1. The molecule has 0 aliphatic heterocycles. The smallest absolute Gasteiger partial charge is 0.211 e. The van der Waals surface area contributed by atoms with Gasteiger partial charge in [-0.05, 0) is 42.5 Å². The number of nitrogens with zero attached hydrogens (tertiary/aromatic N) is 1. The maximum atomic E-state index is 12.4. The summed E-state index contributed by atoms with van der Waals surface area (Å²) in [6.45, 7) is 6.27. The van der Waals surface area contributed by atoms with Gasteiger partial charge in [-0.15, -0.1) is 0 Å². The second-order valence-electron chi connectivity index (χ2n) is 5.30. The second kappa shape index (κ2) is 5.79. The molecule has 19 heavy (non-hydrogen) atoms. The van der Waals surface area contributed by atoms with Crippen LogP contribution in [0.5, 0.6) is 0 Å². The van der Waals surface area contributed by atoms with Crippen molar-refractivity contribution in [2.24, 2.45) is 5.92 Å². The van der Waals surface area contributed by atoms with Crippen LogP contribution in [0, 0.1) is 12.8 Å². The number of pyridine rings is 1. The highest BCUT2D eigenvalue weighted by Gasteiger charge is 2.13. The van der Waals surface area contributed by atoms with Crippen LogP contribution in [0.3, 0.4) is 0 Å². The molecule has 98 valence electrons. The zero-order chi connectivity index (χ0) is 13.8. The molecular formula is C17H19NO. The maximum Gasteiger partial charge on any atom is 0.211 e. The predicted molar refractivity (Wildman–Crippen MR) is 77.4 cm³/mol. The lowest BCUT2D eigenvalue weighted by atomic mass is 9.98. The molecular weight excluding hydrogens is 234 g/mol. The molecule has 1 aromatic carbocycles. The number of carbonyl (C=O) groups is 1. The number of ketones is 1. The summed E-state index contributed by atoms with van der Waals surface area (Å²) in [6.07, 6.45) is 2.65. The monoisotopic (exact) mass is 253 g/mol. The lowest BCUT2D eigenvalue weighted by Crippen LogP contribution is -2.07. The first-order valence-electron chi connectivity index (χ1n) is 6.63. The minimum atomic E-state index is 0.00343. The van der Waals surface area contributed by atoms with E-state index in [9.17, 15) is 4.79 Å². The van der Waals surface area contributed by atoms with E-state index in [4.69, 9.17) is 0 Å². The number of carbonyl (C=O) groups excluding carboxylic acids is 1. The van der Waals surface area contributed by atoms with Crippen molar-refractivity contribution in [2.75, 3.05) is 0 Å². The van der Waals surface area contributed by atoms with Crippen molar-refractivity contribution in [1.82, 2.24) is 4.98 Å². The van der Waals surface area contributed by atoms with Crippen molar-refractivity contribution in [1.29, 1.82) is 0 Å². The molecule has 0 saturated heterocycles. The third-order valence-corrected chi connectivity index (χ3v) is 3.06. The molecule has 2 aromatic rings. The van der Waals surface area contributed by atoms with Crippen LogP contribution in [0.1, 0.15) is 41.0 Å². The van der Waals surface area contributed by atoms with Crippen LogP contribution in [0.2, 0.25) is 0 Å².